The lowest BCUT2D eigenvalue weighted by molar-refractivity contribution is 0.116. The molecule has 0 aromatic rings. The highest BCUT2D eigenvalue weighted by Gasteiger charge is 1.95. The normalized spacial score (nSPS) is 9.50. The standard InChI is InChI=1S/C7H16N2O3/c1-3-11-5-8-7(10)9-6-12-4-2/h3-6H2,1-2H3,(H2,8,9,10). The van der Waals surface area contributed by atoms with E-state index in [1.165, 1.54) is 0 Å². The Morgan fingerprint density at radius 3 is 1.83 bits per heavy atom. The summed E-state index contributed by atoms with van der Waals surface area (Å²) in [5.74, 6) is 0. The van der Waals surface area contributed by atoms with Crippen LogP contribution in [0.2, 0.25) is 0 Å². The van der Waals surface area contributed by atoms with Crippen molar-refractivity contribution in [2.45, 2.75) is 13.8 Å². The second-order valence-corrected chi connectivity index (χ2v) is 1.96. The highest BCUT2D eigenvalue weighted by molar-refractivity contribution is 5.73. The molecule has 0 aliphatic rings. The van der Waals surface area contributed by atoms with Gasteiger partial charge in [-0.25, -0.2) is 4.79 Å². The topological polar surface area (TPSA) is 59.6 Å². The van der Waals surface area contributed by atoms with E-state index in [2.05, 4.69) is 10.6 Å². The fourth-order valence-corrected chi connectivity index (χ4v) is 0.500. The van der Waals surface area contributed by atoms with Gasteiger partial charge in [0.1, 0.15) is 13.5 Å². The van der Waals surface area contributed by atoms with E-state index in [0.717, 1.165) is 0 Å². The lowest BCUT2D eigenvalue weighted by Crippen LogP contribution is -2.37. The number of hydrogen-bond donors (Lipinski definition) is 2. The zero-order valence-electron chi connectivity index (χ0n) is 7.55. The Morgan fingerprint density at radius 2 is 1.50 bits per heavy atom. The van der Waals surface area contributed by atoms with Gasteiger partial charge in [-0.15, -0.1) is 0 Å². The molecule has 0 unspecified atom stereocenters. The number of nitrogens with one attached hydrogen (secondary N) is 2. The molecule has 0 rings (SSSR count). The summed E-state index contributed by atoms with van der Waals surface area (Å²) in [6.45, 7) is 5.36. The second-order valence-electron chi connectivity index (χ2n) is 1.96. The fourth-order valence-electron chi connectivity index (χ4n) is 0.500. The van der Waals surface area contributed by atoms with Crippen molar-refractivity contribution < 1.29 is 14.3 Å². The maximum atomic E-state index is 10.8. The van der Waals surface area contributed by atoms with E-state index >= 15 is 0 Å². The summed E-state index contributed by atoms with van der Waals surface area (Å²) in [6, 6.07) is -0.281. The molecule has 0 saturated carbocycles. The van der Waals surface area contributed by atoms with Gasteiger partial charge in [0.2, 0.25) is 0 Å². The quantitative estimate of drug-likeness (QED) is 0.451. The largest absolute Gasteiger partial charge is 0.361 e. The maximum Gasteiger partial charge on any atom is 0.318 e. The molecule has 2 N–H and O–H groups in total. The van der Waals surface area contributed by atoms with Gasteiger partial charge in [-0.2, -0.15) is 0 Å². The number of carbonyl (C=O) groups excluding carboxylic acids is 1. The summed E-state index contributed by atoms with van der Waals surface area (Å²) in [6.07, 6.45) is 0. The number of hydrogen-bond acceptors (Lipinski definition) is 3. The molecule has 0 saturated heterocycles. The van der Waals surface area contributed by atoms with Crippen LogP contribution in [0.25, 0.3) is 0 Å². The van der Waals surface area contributed by atoms with Crippen LogP contribution in [0.3, 0.4) is 0 Å². The van der Waals surface area contributed by atoms with Gasteiger partial charge >= 0.3 is 6.03 Å². The summed E-state index contributed by atoms with van der Waals surface area (Å²) in [7, 11) is 0. The van der Waals surface area contributed by atoms with Gasteiger partial charge in [0, 0.05) is 13.2 Å². The van der Waals surface area contributed by atoms with Crippen molar-refractivity contribution in [1.82, 2.24) is 10.6 Å². The average molecular weight is 176 g/mol. The third kappa shape index (κ3) is 7.30. The van der Waals surface area contributed by atoms with Crippen molar-refractivity contribution in [1.29, 1.82) is 0 Å². The van der Waals surface area contributed by atoms with E-state index in [4.69, 9.17) is 9.47 Å². The molecule has 5 nitrogen and oxygen atoms in total. The summed E-state index contributed by atoms with van der Waals surface area (Å²) < 4.78 is 9.80. The molecule has 0 spiro atoms. The van der Waals surface area contributed by atoms with Gasteiger partial charge < -0.3 is 20.1 Å². The third-order valence-electron chi connectivity index (χ3n) is 1.08. The predicted octanol–water partition coefficient (Wildman–Crippen LogP) is 0.274. The minimum atomic E-state index is -0.281. The number of ether oxygens (including phenoxy) is 2. The van der Waals surface area contributed by atoms with Crippen LogP contribution < -0.4 is 10.6 Å². The molecule has 0 atom stereocenters. The molecule has 2 amide bonds. The first-order chi connectivity index (χ1) is 5.81. The minimum absolute atomic E-state index is 0.231. The molecule has 0 radical (unpaired) electrons. The Morgan fingerprint density at radius 1 is 1.08 bits per heavy atom. The first-order valence-electron chi connectivity index (χ1n) is 3.98. The molecular weight excluding hydrogens is 160 g/mol. The molecule has 0 aromatic heterocycles. The molecule has 0 bridgehead atoms. The highest BCUT2D eigenvalue weighted by Crippen LogP contribution is 1.71. The van der Waals surface area contributed by atoms with Crippen LogP contribution >= 0.6 is 0 Å². The Kier molecular flexibility index (Phi) is 7.73. The molecule has 72 valence electrons. The van der Waals surface area contributed by atoms with Crippen LogP contribution in [0.1, 0.15) is 13.8 Å². The van der Waals surface area contributed by atoms with E-state index < -0.39 is 0 Å². The predicted molar refractivity (Wildman–Crippen MR) is 44.7 cm³/mol. The average Bonchev–Trinajstić information content (AvgIpc) is 2.06. The lowest BCUT2D eigenvalue weighted by Gasteiger charge is -2.06. The summed E-state index contributed by atoms with van der Waals surface area (Å²) in [5.41, 5.74) is 0. The van der Waals surface area contributed by atoms with Crippen molar-refractivity contribution in [2.75, 3.05) is 26.7 Å². The Labute approximate surface area is 72.4 Å². The Balaban J connectivity index is 3.10. The summed E-state index contributed by atoms with van der Waals surface area (Å²) in [4.78, 5) is 10.8. The summed E-state index contributed by atoms with van der Waals surface area (Å²) >= 11 is 0. The van der Waals surface area contributed by atoms with Crippen molar-refractivity contribution in [3.63, 3.8) is 0 Å². The van der Waals surface area contributed by atoms with Crippen molar-refractivity contribution in [3.05, 3.63) is 0 Å². The first kappa shape index (κ1) is 11.2. The van der Waals surface area contributed by atoms with Crippen LogP contribution in [0.15, 0.2) is 0 Å². The van der Waals surface area contributed by atoms with Gasteiger partial charge in [-0.1, -0.05) is 0 Å². The van der Waals surface area contributed by atoms with Gasteiger partial charge in [-0.3, -0.25) is 0 Å². The van der Waals surface area contributed by atoms with E-state index in [9.17, 15) is 4.79 Å². The van der Waals surface area contributed by atoms with Crippen LogP contribution in [0.5, 0.6) is 0 Å². The number of urea groups is 1. The number of carbonyl (C=O) groups is 1. The van der Waals surface area contributed by atoms with Gasteiger partial charge in [-0.05, 0) is 13.8 Å². The fraction of sp³-hybridized carbons (Fsp3) is 0.857. The molecule has 0 aromatic carbocycles. The molecule has 0 aliphatic heterocycles. The molecule has 5 heteroatoms. The van der Waals surface area contributed by atoms with Crippen molar-refractivity contribution in [2.24, 2.45) is 0 Å². The zero-order chi connectivity index (χ0) is 9.23. The molecule has 12 heavy (non-hydrogen) atoms. The number of amides is 2. The SMILES string of the molecule is CCOCNC(=O)NCOCC. The molecule has 0 heterocycles. The van der Waals surface area contributed by atoms with Crippen molar-refractivity contribution in [3.8, 4) is 0 Å². The third-order valence-corrected chi connectivity index (χ3v) is 1.08. The van der Waals surface area contributed by atoms with Gasteiger partial charge in [0.15, 0.2) is 0 Å². The van der Waals surface area contributed by atoms with Crippen molar-refractivity contribution >= 4 is 6.03 Å². The van der Waals surface area contributed by atoms with E-state index in [-0.39, 0.29) is 19.5 Å². The van der Waals surface area contributed by atoms with E-state index in [0.29, 0.717) is 13.2 Å². The highest BCUT2D eigenvalue weighted by atomic mass is 16.5. The smallest absolute Gasteiger partial charge is 0.318 e. The molecular formula is C7H16N2O3. The zero-order valence-corrected chi connectivity index (χ0v) is 7.55. The van der Waals surface area contributed by atoms with Crippen LogP contribution in [0.4, 0.5) is 4.79 Å². The number of rotatable bonds is 6. The maximum absolute atomic E-state index is 10.8. The monoisotopic (exact) mass is 176 g/mol. The Bertz CT molecular complexity index is 107. The van der Waals surface area contributed by atoms with Gasteiger partial charge in [0.25, 0.3) is 0 Å². The molecule has 0 aliphatic carbocycles. The van der Waals surface area contributed by atoms with Gasteiger partial charge in [0.05, 0.1) is 0 Å². The minimum Gasteiger partial charge on any atom is -0.361 e. The Hall–Kier alpha value is -0.810. The van der Waals surface area contributed by atoms with Crippen LogP contribution in [-0.4, -0.2) is 32.7 Å². The van der Waals surface area contributed by atoms with Crippen LogP contribution in [-0.2, 0) is 9.47 Å². The molecule has 0 fully saturated rings. The van der Waals surface area contributed by atoms with E-state index in [1.54, 1.807) is 0 Å². The second kappa shape index (κ2) is 8.29. The first-order valence-corrected chi connectivity index (χ1v) is 3.98. The van der Waals surface area contributed by atoms with E-state index in [1.807, 2.05) is 13.8 Å². The summed E-state index contributed by atoms with van der Waals surface area (Å²) in [5, 5.41) is 4.98. The van der Waals surface area contributed by atoms with Crippen LogP contribution in [0, 0.1) is 0 Å². The lowest BCUT2D eigenvalue weighted by atomic mass is 10.8.